The van der Waals surface area contributed by atoms with Gasteiger partial charge in [-0.2, -0.15) is 0 Å². The van der Waals surface area contributed by atoms with Crippen LogP contribution >= 0.6 is 0 Å². The smallest absolute Gasteiger partial charge is 0.268 e. The number of methoxy groups -OCH3 is 1. The summed E-state index contributed by atoms with van der Waals surface area (Å²) in [7, 11) is 3.58. The number of carbonyl (C=O) groups excluding carboxylic acids is 1. The van der Waals surface area contributed by atoms with Crippen LogP contribution in [0.15, 0.2) is 48.5 Å². The van der Waals surface area contributed by atoms with Gasteiger partial charge >= 0.3 is 0 Å². The molecule has 2 N–H and O–H groups in total. The summed E-state index contributed by atoms with van der Waals surface area (Å²) in [4.78, 5) is 21.3. The summed E-state index contributed by atoms with van der Waals surface area (Å²) in [5.74, 6) is 2.14. The highest BCUT2D eigenvalue weighted by molar-refractivity contribution is 5.99. The highest BCUT2D eigenvalue weighted by atomic mass is 16.5. The first-order valence-electron chi connectivity index (χ1n) is 10.5. The van der Waals surface area contributed by atoms with Crippen molar-refractivity contribution in [3.63, 3.8) is 0 Å². The third-order valence-electron chi connectivity index (χ3n) is 6.29. The van der Waals surface area contributed by atoms with Crippen LogP contribution in [-0.4, -0.2) is 33.6 Å². The van der Waals surface area contributed by atoms with Crippen molar-refractivity contribution in [1.82, 2.24) is 19.9 Å². The number of rotatable bonds is 4. The van der Waals surface area contributed by atoms with Gasteiger partial charge in [-0.3, -0.25) is 4.79 Å². The van der Waals surface area contributed by atoms with Crippen molar-refractivity contribution in [3.8, 4) is 5.75 Å². The maximum atomic E-state index is 13.1. The normalized spacial score (nSPS) is 19.3. The highest BCUT2D eigenvalue weighted by Gasteiger charge is 2.27. The van der Waals surface area contributed by atoms with Crippen LogP contribution in [0.2, 0.25) is 0 Å². The van der Waals surface area contributed by atoms with E-state index in [1.165, 1.54) is 0 Å². The van der Waals surface area contributed by atoms with E-state index in [2.05, 4.69) is 16.4 Å². The molecule has 30 heavy (non-hydrogen) atoms. The highest BCUT2D eigenvalue weighted by Crippen LogP contribution is 2.33. The number of hydrogen-bond donors (Lipinski definition) is 2. The first-order chi connectivity index (χ1) is 14.6. The third-order valence-corrected chi connectivity index (χ3v) is 6.29. The van der Waals surface area contributed by atoms with Gasteiger partial charge in [-0.15, -0.1) is 0 Å². The largest absolute Gasteiger partial charge is 0.497 e. The van der Waals surface area contributed by atoms with Gasteiger partial charge in [0.2, 0.25) is 0 Å². The van der Waals surface area contributed by atoms with Gasteiger partial charge in [0.1, 0.15) is 17.3 Å². The fraction of sp³-hybridized carbons (Fsp3) is 0.333. The second kappa shape index (κ2) is 7.52. The van der Waals surface area contributed by atoms with Gasteiger partial charge in [0.25, 0.3) is 5.91 Å². The number of fused-ring (bicyclic) bond motifs is 2. The van der Waals surface area contributed by atoms with E-state index in [0.717, 1.165) is 59.2 Å². The van der Waals surface area contributed by atoms with Gasteiger partial charge in [0, 0.05) is 30.5 Å². The van der Waals surface area contributed by atoms with Crippen molar-refractivity contribution in [2.45, 2.75) is 37.6 Å². The summed E-state index contributed by atoms with van der Waals surface area (Å²) < 4.78 is 7.26. The van der Waals surface area contributed by atoms with Crippen molar-refractivity contribution >= 4 is 27.8 Å². The Labute approximate surface area is 175 Å². The topological polar surface area (TPSA) is 71.9 Å². The number of hydrogen-bond acceptors (Lipinski definition) is 3. The van der Waals surface area contributed by atoms with Crippen LogP contribution in [0, 0.1) is 0 Å². The molecule has 1 aliphatic rings. The number of amides is 1. The number of H-pyrrole nitrogens is 1. The van der Waals surface area contributed by atoms with Crippen LogP contribution in [0.25, 0.3) is 21.9 Å². The Morgan fingerprint density at radius 2 is 2.07 bits per heavy atom. The number of imidazole rings is 1. The van der Waals surface area contributed by atoms with E-state index >= 15 is 0 Å². The molecule has 5 rings (SSSR count). The van der Waals surface area contributed by atoms with Crippen LogP contribution in [0.4, 0.5) is 0 Å². The number of nitrogens with zero attached hydrogens (tertiary/aromatic N) is 2. The maximum absolute atomic E-state index is 13.1. The zero-order valence-corrected chi connectivity index (χ0v) is 17.3. The Hall–Kier alpha value is -3.28. The van der Waals surface area contributed by atoms with Crippen molar-refractivity contribution in [2.24, 2.45) is 7.05 Å². The number of ether oxygens (including phenoxy) is 1. The minimum absolute atomic E-state index is 0.0251. The van der Waals surface area contributed by atoms with E-state index in [-0.39, 0.29) is 11.9 Å². The zero-order valence-electron chi connectivity index (χ0n) is 17.3. The molecule has 4 aromatic rings. The summed E-state index contributed by atoms with van der Waals surface area (Å²) in [6, 6.07) is 16.1. The first-order valence-corrected chi connectivity index (χ1v) is 10.5. The molecule has 0 aliphatic heterocycles. The molecule has 0 unspecified atom stereocenters. The van der Waals surface area contributed by atoms with E-state index in [4.69, 9.17) is 9.72 Å². The fourth-order valence-corrected chi connectivity index (χ4v) is 4.65. The van der Waals surface area contributed by atoms with E-state index in [1.54, 1.807) is 7.11 Å². The second-order valence-electron chi connectivity index (χ2n) is 8.19. The van der Waals surface area contributed by atoms with Crippen molar-refractivity contribution in [3.05, 3.63) is 60.0 Å². The molecule has 2 aromatic carbocycles. The Kier molecular flexibility index (Phi) is 4.69. The lowest BCUT2D eigenvalue weighted by atomic mass is 9.85. The second-order valence-corrected chi connectivity index (χ2v) is 8.19. The van der Waals surface area contributed by atoms with Crippen LogP contribution in [0.1, 0.15) is 47.9 Å². The Bertz CT molecular complexity index is 1190. The Morgan fingerprint density at radius 1 is 1.20 bits per heavy atom. The molecule has 1 fully saturated rings. The van der Waals surface area contributed by atoms with E-state index in [1.807, 2.05) is 54.1 Å². The monoisotopic (exact) mass is 402 g/mol. The number of aromatic nitrogens is 3. The predicted octanol–water partition coefficient (Wildman–Crippen LogP) is 4.52. The molecule has 2 heterocycles. The molecule has 0 saturated heterocycles. The number of aryl methyl sites for hydroxylation is 1. The quantitative estimate of drug-likeness (QED) is 0.527. The molecule has 2 aromatic heterocycles. The molecule has 154 valence electrons. The molecule has 1 aliphatic carbocycles. The number of carbonyl (C=O) groups is 1. The van der Waals surface area contributed by atoms with E-state index < -0.39 is 0 Å². The van der Waals surface area contributed by atoms with Gasteiger partial charge in [0.05, 0.1) is 23.7 Å². The van der Waals surface area contributed by atoms with Gasteiger partial charge in [-0.1, -0.05) is 18.6 Å². The molecule has 2 atom stereocenters. The van der Waals surface area contributed by atoms with E-state index in [0.29, 0.717) is 11.6 Å². The summed E-state index contributed by atoms with van der Waals surface area (Å²) in [6.45, 7) is 0. The molecule has 0 spiro atoms. The minimum Gasteiger partial charge on any atom is -0.497 e. The lowest BCUT2D eigenvalue weighted by Gasteiger charge is -2.28. The van der Waals surface area contributed by atoms with Gasteiger partial charge < -0.3 is 19.6 Å². The third kappa shape index (κ3) is 3.32. The van der Waals surface area contributed by atoms with Crippen LogP contribution in [0.5, 0.6) is 5.75 Å². The molecule has 6 heteroatoms. The minimum atomic E-state index is -0.0251. The molecular weight excluding hydrogens is 376 g/mol. The first kappa shape index (κ1) is 18.7. The summed E-state index contributed by atoms with van der Waals surface area (Å²) in [5, 5.41) is 4.30. The zero-order chi connectivity index (χ0) is 20.7. The van der Waals surface area contributed by atoms with Gasteiger partial charge in [0.15, 0.2) is 0 Å². The molecule has 6 nitrogen and oxygen atoms in total. The summed E-state index contributed by atoms with van der Waals surface area (Å²) >= 11 is 0. The number of nitrogens with one attached hydrogen (secondary N) is 2. The van der Waals surface area contributed by atoms with Crippen molar-refractivity contribution in [2.75, 3.05) is 7.11 Å². The lowest BCUT2D eigenvalue weighted by molar-refractivity contribution is 0.0917. The van der Waals surface area contributed by atoms with Crippen LogP contribution in [0.3, 0.4) is 0 Å². The SMILES string of the molecule is COc1ccc2cc(C(=O)N[C@H]3CCC[C@H](c4nc5ccccc5[nH]4)C3)n(C)c2c1. The fourth-order valence-electron chi connectivity index (χ4n) is 4.65. The molecule has 0 bridgehead atoms. The van der Waals surface area contributed by atoms with E-state index in [9.17, 15) is 4.79 Å². The van der Waals surface area contributed by atoms with Crippen LogP contribution < -0.4 is 10.1 Å². The van der Waals surface area contributed by atoms with Crippen molar-refractivity contribution < 1.29 is 9.53 Å². The summed E-state index contributed by atoms with van der Waals surface area (Å²) in [5.41, 5.74) is 3.74. The standard InChI is InChI=1S/C24H26N4O2/c1-28-21-14-18(30-2)11-10-15(21)13-22(28)24(29)25-17-7-5-6-16(12-17)23-26-19-8-3-4-9-20(19)27-23/h3-4,8-11,13-14,16-17H,5-7,12H2,1-2H3,(H,25,29)(H,26,27)/t16-,17-/m0/s1. The molecule has 1 saturated carbocycles. The summed E-state index contributed by atoms with van der Waals surface area (Å²) in [6.07, 6.45) is 4.09. The van der Waals surface area contributed by atoms with Crippen molar-refractivity contribution in [1.29, 1.82) is 0 Å². The average Bonchev–Trinajstić information content (AvgIpc) is 3.35. The predicted molar refractivity (Wildman–Crippen MR) is 118 cm³/mol. The van der Waals surface area contributed by atoms with Gasteiger partial charge in [-0.05, 0) is 49.6 Å². The number of benzene rings is 2. The van der Waals surface area contributed by atoms with Gasteiger partial charge in [-0.25, -0.2) is 4.98 Å². The lowest BCUT2D eigenvalue weighted by Crippen LogP contribution is -2.38. The Morgan fingerprint density at radius 3 is 2.90 bits per heavy atom. The molecule has 1 amide bonds. The number of aromatic amines is 1. The average molecular weight is 402 g/mol. The van der Waals surface area contributed by atoms with Crippen LogP contribution in [-0.2, 0) is 7.05 Å². The molecule has 0 radical (unpaired) electrons. The molecular formula is C24H26N4O2. The maximum Gasteiger partial charge on any atom is 0.268 e. The number of para-hydroxylation sites is 2. The Balaban J connectivity index is 1.33.